The molecule has 1 fully saturated rings. The van der Waals surface area contributed by atoms with Crippen LogP contribution in [0.3, 0.4) is 0 Å². The summed E-state index contributed by atoms with van der Waals surface area (Å²) in [5, 5.41) is 5.55. The second-order valence-corrected chi connectivity index (χ2v) is 10.4. The van der Waals surface area contributed by atoms with Crippen molar-refractivity contribution in [1.82, 2.24) is 4.72 Å². The third kappa shape index (κ3) is 6.40. The monoisotopic (exact) mass is 473 g/mol. The molecule has 2 aromatic carbocycles. The molecular formula is C24H31N3O5S. The maximum absolute atomic E-state index is 12.9. The van der Waals surface area contributed by atoms with Gasteiger partial charge in [-0.05, 0) is 80.1 Å². The minimum Gasteiger partial charge on any atom is -0.368 e. The van der Waals surface area contributed by atoms with Crippen LogP contribution in [0.2, 0.25) is 0 Å². The minimum absolute atomic E-state index is 0.121. The fraction of sp³-hybridized carbons (Fsp3) is 0.417. The van der Waals surface area contributed by atoms with Gasteiger partial charge in [0.15, 0.2) is 0 Å². The van der Waals surface area contributed by atoms with E-state index in [1.165, 1.54) is 6.07 Å². The summed E-state index contributed by atoms with van der Waals surface area (Å²) in [6.45, 7) is 7.89. The summed E-state index contributed by atoms with van der Waals surface area (Å²) in [6, 6.07) is 10.6. The Morgan fingerprint density at radius 2 is 1.61 bits per heavy atom. The Hall–Kier alpha value is -2.75. The summed E-state index contributed by atoms with van der Waals surface area (Å²) in [5.74, 6) is -0.935. The van der Waals surface area contributed by atoms with Crippen LogP contribution in [0, 0.1) is 19.8 Å². The van der Waals surface area contributed by atoms with Crippen LogP contribution >= 0.6 is 0 Å². The van der Waals surface area contributed by atoms with Gasteiger partial charge in [0.2, 0.25) is 15.9 Å². The Morgan fingerprint density at radius 3 is 2.15 bits per heavy atom. The first-order valence-electron chi connectivity index (χ1n) is 11.0. The maximum Gasteiger partial charge on any atom is 0.253 e. The van der Waals surface area contributed by atoms with Gasteiger partial charge in [0.05, 0.1) is 4.90 Å². The number of ether oxygens (including phenoxy) is 1. The van der Waals surface area contributed by atoms with E-state index in [9.17, 15) is 18.0 Å². The number of hydrogen-bond acceptors (Lipinski definition) is 5. The van der Waals surface area contributed by atoms with Crippen molar-refractivity contribution in [2.24, 2.45) is 5.92 Å². The van der Waals surface area contributed by atoms with E-state index in [0.717, 1.165) is 17.5 Å². The fourth-order valence-corrected chi connectivity index (χ4v) is 4.90. The lowest BCUT2D eigenvalue weighted by Crippen LogP contribution is -2.47. The molecule has 9 heteroatoms. The Bertz CT molecular complexity index is 1110. The summed E-state index contributed by atoms with van der Waals surface area (Å²) < 4.78 is 33.7. The van der Waals surface area contributed by atoms with Crippen molar-refractivity contribution in [1.29, 1.82) is 0 Å². The van der Waals surface area contributed by atoms with Crippen molar-refractivity contribution in [3.05, 3.63) is 53.6 Å². The Balaban J connectivity index is 1.66. The topological polar surface area (TPSA) is 114 Å². The molecule has 0 spiro atoms. The summed E-state index contributed by atoms with van der Waals surface area (Å²) in [6.07, 6.45) is 1.14. The SMILES string of the molecule is Cc1ccc(S(=O)(=O)NC(C(=O)Nc2ccc(NC(=O)C3CCCO3)cc2)C(C)C)cc1C. The number of anilines is 2. The summed E-state index contributed by atoms with van der Waals surface area (Å²) in [5.41, 5.74) is 2.92. The van der Waals surface area contributed by atoms with Gasteiger partial charge in [-0.25, -0.2) is 8.42 Å². The van der Waals surface area contributed by atoms with Crippen LogP contribution in [0.25, 0.3) is 0 Å². The van der Waals surface area contributed by atoms with Crippen LogP contribution in [0.4, 0.5) is 11.4 Å². The molecule has 8 nitrogen and oxygen atoms in total. The van der Waals surface area contributed by atoms with E-state index >= 15 is 0 Å². The molecule has 0 aromatic heterocycles. The lowest BCUT2D eigenvalue weighted by molar-refractivity contribution is -0.124. The van der Waals surface area contributed by atoms with Crippen molar-refractivity contribution < 1.29 is 22.7 Å². The highest BCUT2D eigenvalue weighted by Crippen LogP contribution is 2.19. The van der Waals surface area contributed by atoms with Gasteiger partial charge in [0.1, 0.15) is 12.1 Å². The van der Waals surface area contributed by atoms with E-state index in [0.29, 0.717) is 24.4 Å². The molecule has 2 atom stereocenters. The van der Waals surface area contributed by atoms with Gasteiger partial charge in [0.25, 0.3) is 5.91 Å². The minimum atomic E-state index is -3.88. The lowest BCUT2D eigenvalue weighted by atomic mass is 10.0. The zero-order valence-electron chi connectivity index (χ0n) is 19.3. The molecule has 1 saturated heterocycles. The molecule has 3 rings (SSSR count). The van der Waals surface area contributed by atoms with Crippen molar-refractivity contribution in [3.8, 4) is 0 Å². The molecule has 3 N–H and O–H groups in total. The van der Waals surface area contributed by atoms with E-state index in [2.05, 4.69) is 15.4 Å². The van der Waals surface area contributed by atoms with E-state index in [1.807, 2.05) is 13.8 Å². The van der Waals surface area contributed by atoms with Crippen LogP contribution in [-0.2, 0) is 24.3 Å². The number of hydrogen-bond donors (Lipinski definition) is 3. The molecule has 2 aromatic rings. The van der Waals surface area contributed by atoms with Crippen LogP contribution in [0.5, 0.6) is 0 Å². The predicted molar refractivity (Wildman–Crippen MR) is 128 cm³/mol. The van der Waals surface area contributed by atoms with Gasteiger partial charge in [-0.1, -0.05) is 19.9 Å². The van der Waals surface area contributed by atoms with E-state index < -0.39 is 28.1 Å². The second-order valence-electron chi connectivity index (χ2n) is 8.65. The van der Waals surface area contributed by atoms with Crippen molar-refractivity contribution in [3.63, 3.8) is 0 Å². The molecule has 0 aliphatic carbocycles. The molecule has 1 aliphatic heterocycles. The van der Waals surface area contributed by atoms with E-state index in [1.54, 1.807) is 50.2 Å². The van der Waals surface area contributed by atoms with E-state index in [4.69, 9.17) is 4.74 Å². The average Bonchev–Trinajstić information content (AvgIpc) is 3.30. The predicted octanol–water partition coefficient (Wildman–Crippen LogP) is 3.36. The molecule has 33 heavy (non-hydrogen) atoms. The summed E-state index contributed by atoms with van der Waals surface area (Å²) in [4.78, 5) is 25.2. The summed E-state index contributed by atoms with van der Waals surface area (Å²) in [7, 11) is -3.88. The Morgan fingerprint density at radius 1 is 0.970 bits per heavy atom. The molecule has 0 bridgehead atoms. The zero-order chi connectivity index (χ0) is 24.2. The van der Waals surface area contributed by atoms with Gasteiger partial charge >= 0.3 is 0 Å². The number of rotatable bonds is 8. The molecule has 2 unspecified atom stereocenters. The highest BCUT2D eigenvalue weighted by molar-refractivity contribution is 7.89. The molecule has 1 aliphatic rings. The molecular weight excluding hydrogens is 442 g/mol. The quantitative estimate of drug-likeness (QED) is 0.544. The van der Waals surface area contributed by atoms with Gasteiger partial charge in [0, 0.05) is 18.0 Å². The molecule has 1 heterocycles. The number of carbonyl (C=O) groups is 2. The first-order valence-corrected chi connectivity index (χ1v) is 12.5. The van der Waals surface area contributed by atoms with Gasteiger partial charge in [-0.3, -0.25) is 9.59 Å². The highest BCUT2D eigenvalue weighted by atomic mass is 32.2. The third-order valence-electron chi connectivity index (χ3n) is 5.66. The van der Waals surface area contributed by atoms with Crippen LogP contribution < -0.4 is 15.4 Å². The molecule has 0 radical (unpaired) electrons. The largest absolute Gasteiger partial charge is 0.368 e. The van der Waals surface area contributed by atoms with Gasteiger partial charge < -0.3 is 15.4 Å². The Labute approximate surface area is 195 Å². The van der Waals surface area contributed by atoms with E-state index in [-0.39, 0.29) is 16.7 Å². The third-order valence-corrected chi connectivity index (χ3v) is 7.10. The standard InChI is InChI=1S/C24H31N3O5S/c1-15(2)22(27-33(30,31)20-12-7-16(3)17(4)14-20)24(29)26-19-10-8-18(9-11-19)25-23(28)21-6-5-13-32-21/h7-12,14-15,21-22,27H,5-6,13H2,1-4H3,(H,25,28)(H,26,29). The van der Waals surface area contributed by atoms with Crippen LogP contribution in [0.1, 0.15) is 37.8 Å². The zero-order valence-corrected chi connectivity index (χ0v) is 20.2. The summed E-state index contributed by atoms with van der Waals surface area (Å²) >= 11 is 0. The number of amides is 2. The van der Waals surface area contributed by atoms with Crippen molar-refractivity contribution in [2.75, 3.05) is 17.2 Å². The number of aryl methyl sites for hydroxylation is 2. The molecule has 178 valence electrons. The van der Waals surface area contributed by atoms with Crippen molar-refractivity contribution in [2.45, 2.75) is 57.6 Å². The first-order chi connectivity index (χ1) is 15.6. The normalized spacial score (nSPS) is 17.1. The average molecular weight is 474 g/mol. The fourth-order valence-electron chi connectivity index (χ4n) is 3.47. The van der Waals surface area contributed by atoms with Crippen molar-refractivity contribution >= 4 is 33.2 Å². The first kappa shape index (κ1) is 24.9. The number of nitrogens with one attached hydrogen (secondary N) is 3. The number of sulfonamides is 1. The second kappa shape index (κ2) is 10.5. The van der Waals surface area contributed by atoms with Gasteiger partial charge in [-0.15, -0.1) is 0 Å². The maximum atomic E-state index is 12.9. The van der Waals surface area contributed by atoms with Crippen LogP contribution in [-0.4, -0.2) is 39.0 Å². The van der Waals surface area contributed by atoms with Gasteiger partial charge in [-0.2, -0.15) is 4.72 Å². The smallest absolute Gasteiger partial charge is 0.253 e. The molecule has 2 amide bonds. The Kier molecular flexibility index (Phi) is 7.88. The lowest BCUT2D eigenvalue weighted by Gasteiger charge is -2.22. The number of benzene rings is 2. The van der Waals surface area contributed by atoms with Crippen LogP contribution in [0.15, 0.2) is 47.4 Å². The highest BCUT2D eigenvalue weighted by Gasteiger charge is 2.29. The number of carbonyl (C=O) groups excluding carboxylic acids is 2. The molecule has 0 saturated carbocycles.